The van der Waals surface area contributed by atoms with Gasteiger partial charge >= 0.3 is 5.69 Å². The molecule has 0 aliphatic heterocycles. The lowest BCUT2D eigenvalue weighted by Gasteiger charge is -2.11. The highest BCUT2D eigenvalue weighted by molar-refractivity contribution is 7.12. The molecule has 10 heteroatoms. The lowest BCUT2D eigenvalue weighted by Crippen LogP contribution is -2.25. The van der Waals surface area contributed by atoms with E-state index in [0.29, 0.717) is 38.7 Å². The number of imidazole rings is 2. The van der Waals surface area contributed by atoms with E-state index in [4.69, 9.17) is 11.6 Å². The van der Waals surface area contributed by atoms with Crippen molar-refractivity contribution in [2.75, 3.05) is 0 Å². The van der Waals surface area contributed by atoms with Crippen molar-refractivity contribution in [2.45, 2.75) is 33.4 Å². The molecule has 5 rings (SSSR count). The number of aromatic nitrogens is 6. The summed E-state index contributed by atoms with van der Waals surface area (Å²) in [7, 11) is 0. The highest BCUT2D eigenvalue weighted by Gasteiger charge is 2.20. The maximum absolute atomic E-state index is 14.2. The largest absolute Gasteiger partial charge is 0.335 e. The SMILES string of the molecule is CC(C)CCn1c(Cn2c(=O)n(-c3nccs3)c3ccc(F)cc32)nc2nc(Cl)ccc21. The molecule has 0 radical (unpaired) electrons. The minimum Gasteiger partial charge on any atom is -0.325 e. The predicted octanol–water partition coefficient (Wildman–Crippen LogP) is 4.88. The molecule has 4 heterocycles. The third-order valence-corrected chi connectivity index (χ3v) is 6.36. The summed E-state index contributed by atoms with van der Waals surface area (Å²) in [6.45, 7) is 5.20. The Labute approximate surface area is 191 Å². The number of halogens is 2. The molecule has 0 unspecified atom stereocenters. The summed E-state index contributed by atoms with van der Waals surface area (Å²) in [4.78, 5) is 26.7. The molecule has 0 bridgehead atoms. The second-order valence-corrected chi connectivity index (χ2v) is 9.25. The van der Waals surface area contributed by atoms with Crippen LogP contribution in [0, 0.1) is 11.7 Å². The normalized spacial score (nSPS) is 11.9. The molecule has 4 aromatic heterocycles. The summed E-state index contributed by atoms with van der Waals surface area (Å²) in [5.41, 5.74) is 2.16. The van der Waals surface area contributed by atoms with Crippen molar-refractivity contribution >= 4 is 45.1 Å². The van der Waals surface area contributed by atoms with Gasteiger partial charge in [0.1, 0.15) is 16.8 Å². The van der Waals surface area contributed by atoms with E-state index in [1.807, 2.05) is 6.07 Å². The molecule has 32 heavy (non-hydrogen) atoms. The molecule has 164 valence electrons. The van der Waals surface area contributed by atoms with Crippen LogP contribution in [0.3, 0.4) is 0 Å². The number of pyridine rings is 1. The zero-order valence-corrected chi connectivity index (χ0v) is 19.1. The zero-order valence-electron chi connectivity index (χ0n) is 17.5. The van der Waals surface area contributed by atoms with Crippen molar-refractivity contribution < 1.29 is 4.39 Å². The van der Waals surface area contributed by atoms with Crippen LogP contribution in [0.15, 0.2) is 46.7 Å². The highest BCUT2D eigenvalue weighted by atomic mass is 35.5. The predicted molar refractivity (Wildman–Crippen MR) is 124 cm³/mol. The smallest absolute Gasteiger partial charge is 0.325 e. The van der Waals surface area contributed by atoms with Crippen molar-refractivity contribution in [1.82, 2.24) is 28.7 Å². The topological polar surface area (TPSA) is 70.5 Å². The Bertz CT molecular complexity index is 1480. The van der Waals surface area contributed by atoms with Gasteiger partial charge < -0.3 is 4.57 Å². The number of hydrogen-bond acceptors (Lipinski definition) is 5. The molecular formula is C22H20ClFN6OS. The Hall–Kier alpha value is -3.04. The van der Waals surface area contributed by atoms with Crippen LogP contribution >= 0.6 is 22.9 Å². The van der Waals surface area contributed by atoms with Crippen molar-refractivity contribution in [3.63, 3.8) is 0 Å². The van der Waals surface area contributed by atoms with Gasteiger partial charge in [-0.25, -0.2) is 28.7 Å². The van der Waals surface area contributed by atoms with E-state index in [0.717, 1.165) is 18.5 Å². The number of fused-ring (bicyclic) bond motifs is 2. The molecule has 0 N–H and O–H groups in total. The third kappa shape index (κ3) is 3.61. The zero-order chi connectivity index (χ0) is 22.4. The summed E-state index contributed by atoms with van der Waals surface area (Å²) in [5.74, 6) is 0.744. The number of thiazole rings is 1. The molecule has 0 aliphatic rings. The minimum atomic E-state index is -0.413. The van der Waals surface area contributed by atoms with Gasteiger partial charge in [0.2, 0.25) is 0 Å². The second-order valence-electron chi connectivity index (χ2n) is 7.99. The summed E-state index contributed by atoms with van der Waals surface area (Å²) in [6.07, 6.45) is 2.57. The standard InChI is InChI=1S/C22H20ClFN6OS/c1-13(2)7-9-28-16-5-6-18(23)26-20(16)27-19(28)12-29-17-11-14(24)3-4-15(17)30(22(29)31)21-25-8-10-32-21/h3-6,8,10-11,13H,7,9,12H2,1-2H3. The second kappa shape index (κ2) is 8.14. The Balaban J connectivity index is 1.70. The summed E-state index contributed by atoms with van der Waals surface area (Å²) >= 11 is 7.43. The van der Waals surface area contributed by atoms with Crippen LogP contribution in [0.25, 0.3) is 27.3 Å². The van der Waals surface area contributed by atoms with Crippen LogP contribution in [0.5, 0.6) is 0 Å². The van der Waals surface area contributed by atoms with Crippen molar-refractivity contribution in [2.24, 2.45) is 5.92 Å². The molecule has 1 aromatic carbocycles. The van der Waals surface area contributed by atoms with E-state index in [9.17, 15) is 9.18 Å². The van der Waals surface area contributed by atoms with Crippen LogP contribution in [0.4, 0.5) is 4.39 Å². The maximum Gasteiger partial charge on any atom is 0.335 e. The molecular weight excluding hydrogens is 451 g/mol. The molecule has 0 saturated heterocycles. The molecule has 0 spiro atoms. The first-order chi connectivity index (χ1) is 15.4. The van der Waals surface area contributed by atoms with E-state index in [1.165, 1.54) is 32.6 Å². The quantitative estimate of drug-likeness (QED) is 0.331. The molecule has 0 atom stereocenters. The fourth-order valence-corrected chi connectivity index (χ4v) is 4.61. The van der Waals surface area contributed by atoms with E-state index >= 15 is 0 Å². The molecule has 0 saturated carbocycles. The molecule has 0 amide bonds. The Morgan fingerprint density at radius 3 is 2.66 bits per heavy atom. The maximum atomic E-state index is 14.2. The fraction of sp³-hybridized carbons (Fsp3) is 0.273. The van der Waals surface area contributed by atoms with Crippen LogP contribution in [0.2, 0.25) is 5.15 Å². The molecule has 5 aromatic rings. The van der Waals surface area contributed by atoms with Gasteiger partial charge in [-0.1, -0.05) is 25.4 Å². The number of rotatable bonds is 6. The Kier molecular flexibility index (Phi) is 5.30. The molecule has 0 aliphatic carbocycles. The van der Waals surface area contributed by atoms with Crippen molar-refractivity contribution in [3.8, 4) is 5.13 Å². The fourth-order valence-electron chi connectivity index (χ4n) is 3.82. The lowest BCUT2D eigenvalue weighted by molar-refractivity contribution is 0.507. The van der Waals surface area contributed by atoms with Crippen molar-refractivity contribution in [3.05, 3.63) is 69.2 Å². The van der Waals surface area contributed by atoms with Crippen LogP contribution in [-0.4, -0.2) is 28.7 Å². The summed E-state index contributed by atoms with van der Waals surface area (Å²) in [5, 5.41) is 2.69. The summed E-state index contributed by atoms with van der Waals surface area (Å²) in [6, 6.07) is 7.95. The third-order valence-electron chi connectivity index (χ3n) is 5.39. The highest BCUT2D eigenvalue weighted by Crippen LogP contribution is 2.23. The Morgan fingerprint density at radius 1 is 1.09 bits per heavy atom. The van der Waals surface area contributed by atoms with Crippen molar-refractivity contribution in [1.29, 1.82) is 0 Å². The van der Waals surface area contributed by atoms with E-state index in [-0.39, 0.29) is 12.2 Å². The van der Waals surface area contributed by atoms with Crippen LogP contribution in [0.1, 0.15) is 26.1 Å². The monoisotopic (exact) mass is 470 g/mol. The number of nitrogens with zero attached hydrogens (tertiary/aromatic N) is 6. The average molecular weight is 471 g/mol. The number of aryl methyl sites for hydroxylation is 1. The van der Waals surface area contributed by atoms with E-state index < -0.39 is 5.82 Å². The molecule has 0 fully saturated rings. The van der Waals surface area contributed by atoms with Gasteiger partial charge in [-0.15, -0.1) is 11.3 Å². The first-order valence-corrected chi connectivity index (χ1v) is 11.5. The van der Waals surface area contributed by atoms with E-state index in [1.54, 1.807) is 23.7 Å². The van der Waals surface area contributed by atoms with Crippen LogP contribution in [-0.2, 0) is 13.1 Å². The van der Waals surface area contributed by atoms with Gasteiger partial charge in [-0.3, -0.25) is 4.57 Å². The van der Waals surface area contributed by atoms with Crippen LogP contribution < -0.4 is 5.69 Å². The average Bonchev–Trinajstić information content (AvgIpc) is 3.44. The molecule has 7 nitrogen and oxygen atoms in total. The van der Waals surface area contributed by atoms with Gasteiger partial charge in [0.05, 0.1) is 23.1 Å². The lowest BCUT2D eigenvalue weighted by atomic mass is 10.1. The van der Waals surface area contributed by atoms with E-state index in [2.05, 4.69) is 33.4 Å². The van der Waals surface area contributed by atoms with Gasteiger partial charge in [0, 0.05) is 18.1 Å². The first kappa shape index (κ1) is 20.8. The Morgan fingerprint density at radius 2 is 1.91 bits per heavy atom. The first-order valence-electron chi connectivity index (χ1n) is 10.2. The van der Waals surface area contributed by atoms with Gasteiger partial charge in [-0.05, 0) is 42.7 Å². The number of benzene rings is 1. The van der Waals surface area contributed by atoms with Gasteiger partial charge in [0.15, 0.2) is 10.8 Å². The summed E-state index contributed by atoms with van der Waals surface area (Å²) < 4.78 is 19.3. The minimum absolute atomic E-state index is 0.170. The number of hydrogen-bond donors (Lipinski definition) is 0. The van der Waals surface area contributed by atoms with Gasteiger partial charge in [0.25, 0.3) is 0 Å². The van der Waals surface area contributed by atoms with Gasteiger partial charge in [-0.2, -0.15) is 0 Å².